The lowest BCUT2D eigenvalue weighted by atomic mass is 9.99. The molecule has 3 rings (SSSR count). The first-order valence-corrected chi connectivity index (χ1v) is 10.2. The molecule has 6 heteroatoms. The van der Waals surface area contributed by atoms with Gasteiger partial charge in [0.1, 0.15) is 16.8 Å². The molecule has 1 aromatic carbocycles. The van der Waals surface area contributed by atoms with Gasteiger partial charge in [-0.2, -0.15) is 5.26 Å². The minimum atomic E-state index is -0.274. The number of methoxy groups -OCH3 is 1. The third-order valence-electron chi connectivity index (χ3n) is 5.19. The highest BCUT2D eigenvalue weighted by Crippen LogP contribution is 2.33. The number of rotatable bonds is 5. The van der Waals surface area contributed by atoms with E-state index in [-0.39, 0.29) is 18.0 Å². The fraction of sp³-hybridized carbons (Fsp3) is 0.429. The zero-order chi connectivity index (χ0) is 19.2. The minimum absolute atomic E-state index is 0.0608. The molecule has 2 atom stereocenters. The molecule has 0 bridgehead atoms. The fourth-order valence-corrected chi connectivity index (χ4v) is 4.38. The first kappa shape index (κ1) is 19.4. The fourth-order valence-electron chi connectivity index (χ4n) is 3.64. The van der Waals surface area contributed by atoms with Gasteiger partial charge in [-0.15, -0.1) is 11.3 Å². The lowest BCUT2D eigenvalue weighted by molar-refractivity contribution is -0.121. The van der Waals surface area contributed by atoms with E-state index in [0.717, 1.165) is 31.6 Å². The van der Waals surface area contributed by atoms with Gasteiger partial charge in [0.15, 0.2) is 0 Å². The second-order valence-electron chi connectivity index (χ2n) is 6.82. The highest BCUT2D eigenvalue weighted by Gasteiger charge is 2.30. The van der Waals surface area contributed by atoms with E-state index >= 15 is 0 Å². The third kappa shape index (κ3) is 4.49. The van der Waals surface area contributed by atoms with Crippen LogP contribution in [0.3, 0.4) is 0 Å². The average molecular weight is 384 g/mol. The second kappa shape index (κ2) is 9.03. The Hall–Kier alpha value is -2.36. The quantitative estimate of drug-likeness (QED) is 0.821. The van der Waals surface area contributed by atoms with Crippen molar-refractivity contribution in [2.45, 2.75) is 44.7 Å². The first-order valence-electron chi connectivity index (χ1n) is 9.32. The monoisotopic (exact) mass is 383 g/mol. The SMILES string of the molecule is COc1ccc(C2CCCCCN2C(C)C(=O)Nc2sccc2C#N)cc1. The Balaban J connectivity index is 1.79. The number of nitrogens with one attached hydrogen (secondary N) is 1. The molecule has 0 aliphatic carbocycles. The van der Waals surface area contributed by atoms with Crippen LogP contribution in [0.25, 0.3) is 0 Å². The van der Waals surface area contributed by atoms with E-state index in [0.29, 0.717) is 10.6 Å². The maximum atomic E-state index is 12.9. The van der Waals surface area contributed by atoms with E-state index in [9.17, 15) is 4.79 Å². The van der Waals surface area contributed by atoms with Crippen LogP contribution in [0.15, 0.2) is 35.7 Å². The van der Waals surface area contributed by atoms with E-state index in [1.165, 1.54) is 23.3 Å². The van der Waals surface area contributed by atoms with Crippen LogP contribution < -0.4 is 10.1 Å². The molecule has 1 aliphatic rings. The second-order valence-corrected chi connectivity index (χ2v) is 7.73. The number of nitrogens with zero attached hydrogens (tertiary/aromatic N) is 2. The van der Waals surface area contributed by atoms with Gasteiger partial charge in [-0.25, -0.2) is 0 Å². The van der Waals surface area contributed by atoms with Crippen molar-refractivity contribution in [2.24, 2.45) is 0 Å². The van der Waals surface area contributed by atoms with Gasteiger partial charge in [0, 0.05) is 6.04 Å². The molecule has 1 saturated heterocycles. The zero-order valence-electron chi connectivity index (χ0n) is 15.8. The third-order valence-corrected chi connectivity index (χ3v) is 6.02. The van der Waals surface area contributed by atoms with Crippen LogP contribution in [0, 0.1) is 11.3 Å². The molecule has 1 fully saturated rings. The summed E-state index contributed by atoms with van der Waals surface area (Å²) in [6.45, 7) is 2.84. The summed E-state index contributed by atoms with van der Waals surface area (Å²) < 4.78 is 5.27. The predicted molar refractivity (Wildman–Crippen MR) is 108 cm³/mol. The number of hydrogen-bond acceptors (Lipinski definition) is 5. The van der Waals surface area contributed by atoms with Gasteiger partial charge in [0.2, 0.25) is 5.91 Å². The molecule has 0 saturated carbocycles. The Bertz CT molecular complexity index is 810. The van der Waals surface area contributed by atoms with Gasteiger partial charge in [-0.3, -0.25) is 9.69 Å². The van der Waals surface area contributed by atoms with Gasteiger partial charge >= 0.3 is 0 Å². The van der Waals surface area contributed by atoms with Crippen molar-refractivity contribution < 1.29 is 9.53 Å². The topological polar surface area (TPSA) is 65.4 Å². The molecule has 0 radical (unpaired) electrons. The van der Waals surface area contributed by atoms with Crippen LogP contribution in [0.2, 0.25) is 0 Å². The van der Waals surface area contributed by atoms with Gasteiger partial charge in [-0.1, -0.05) is 25.0 Å². The molecule has 1 N–H and O–H groups in total. The summed E-state index contributed by atoms with van der Waals surface area (Å²) in [6.07, 6.45) is 4.46. The number of likely N-dealkylation sites (tertiary alicyclic amines) is 1. The van der Waals surface area contributed by atoms with Gasteiger partial charge in [0.25, 0.3) is 0 Å². The van der Waals surface area contributed by atoms with E-state index in [1.54, 1.807) is 13.2 Å². The molecule has 27 heavy (non-hydrogen) atoms. The van der Waals surface area contributed by atoms with Crippen molar-refractivity contribution in [1.82, 2.24) is 4.90 Å². The number of anilines is 1. The Morgan fingerprint density at radius 1 is 1.30 bits per heavy atom. The number of nitriles is 1. The summed E-state index contributed by atoms with van der Waals surface area (Å²) in [7, 11) is 1.67. The lowest BCUT2D eigenvalue weighted by Crippen LogP contribution is -2.44. The lowest BCUT2D eigenvalue weighted by Gasteiger charge is -2.34. The molecular formula is C21H25N3O2S. The number of hydrogen-bond donors (Lipinski definition) is 1. The molecular weight excluding hydrogens is 358 g/mol. The smallest absolute Gasteiger partial charge is 0.242 e. The summed E-state index contributed by atoms with van der Waals surface area (Å²) >= 11 is 1.39. The molecule has 2 unspecified atom stereocenters. The Morgan fingerprint density at radius 3 is 2.78 bits per heavy atom. The molecule has 2 heterocycles. The van der Waals surface area contributed by atoms with E-state index < -0.39 is 0 Å². The summed E-state index contributed by atoms with van der Waals surface area (Å²) in [5, 5.41) is 14.6. The molecule has 5 nitrogen and oxygen atoms in total. The molecule has 0 spiro atoms. The van der Waals surface area contributed by atoms with Crippen LogP contribution >= 0.6 is 11.3 Å². The highest BCUT2D eigenvalue weighted by molar-refractivity contribution is 7.14. The van der Waals surface area contributed by atoms with Crippen LogP contribution in [-0.4, -0.2) is 30.5 Å². The van der Waals surface area contributed by atoms with E-state index in [1.807, 2.05) is 24.4 Å². The van der Waals surface area contributed by atoms with Crippen molar-refractivity contribution in [3.05, 3.63) is 46.8 Å². The van der Waals surface area contributed by atoms with Crippen molar-refractivity contribution >= 4 is 22.2 Å². The van der Waals surface area contributed by atoms with Crippen LogP contribution in [-0.2, 0) is 4.79 Å². The average Bonchev–Trinajstić information content (AvgIpc) is 3.00. The summed E-state index contributed by atoms with van der Waals surface area (Å²) in [5.41, 5.74) is 1.73. The standard InChI is InChI=1S/C21H25N3O2S/c1-15(20(25)23-21-17(14-22)11-13-27-21)24-12-5-3-4-6-19(24)16-7-9-18(26-2)10-8-16/h7-11,13,15,19H,3-6,12H2,1-2H3,(H,23,25). The Morgan fingerprint density at radius 2 is 2.07 bits per heavy atom. The van der Waals surface area contributed by atoms with Gasteiger partial charge in [-0.05, 0) is 55.5 Å². The Labute approximate surface area is 164 Å². The number of carbonyl (C=O) groups excluding carboxylic acids is 1. The molecule has 142 valence electrons. The number of ether oxygens (including phenoxy) is 1. The highest BCUT2D eigenvalue weighted by atomic mass is 32.1. The molecule has 1 amide bonds. The summed E-state index contributed by atoms with van der Waals surface area (Å²) in [6, 6.07) is 11.9. The van der Waals surface area contributed by atoms with Crippen LogP contribution in [0.5, 0.6) is 5.75 Å². The first-order chi connectivity index (χ1) is 13.1. The summed E-state index contributed by atoms with van der Waals surface area (Å²) in [5.74, 6) is 0.779. The van der Waals surface area contributed by atoms with E-state index in [2.05, 4.69) is 28.4 Å². The minimum Gasteiger partial charge on any atom is -0.497 e. The van der Waals surface area contributed by atoms with Crippen molar-refractivity contribution in [3.8, 4) is 11.8 Å². The summed E-state index contributed by atoms with van der Waals surface area (Å²) in [4.78, 5) is 15.2. The molecule has 1 aliphatic heterocycles. The number of carbonyl (C=O) groups is 1. The largest absolute Gasteiger partial charge is 0.497 e. The number of amides is 1. The maximum Gasteiger partial charge on any atom is 0.242 e. The number of thiophene rings is 1. The van der Waals surface area contributed by atoms with Crippen LogP contribution in [0.4, 0.5) is 5.00 Å². The number of benzene rings is 1. The van der Waals surface area contributed by atoms with Crippen molar-refractivity contribution in [3.63, 3.8) is 0 Å². The van der Waals surface area contributed by atoms with Gasteiger partial charge in [0.05, 0.1) is 18.7 Å². The molecule has 1 aromatic heterocycles. The maximum absolute atomic E-state index is 12.9. The predicted octanol–water partition coefficient (Wildman–Crippen LogP) is 4.57. The van der Waals surface area contributed by atoms with Gasteiger partial charge < -0.3 is 10.1 Å². The van der Waals surface area contributed by atoms with Crippen molar-refractivity contribution in [2.75, 3.05) is 19.0 Å². The van der Waals surface area contributed by atoms with Crippen molar-refractivity contribution in [1.29, 1.82) is 5.26 Å². The normalized spacial score (nSPS) is 18.9. The Kier molecular flexibility index (Phi) is 6.49. The van der Waals surface area contributed by atoms with Crippen LogP contribution in [0.1, 0.15) is 49.8 Å². The molecule has 2 aromatic rings. The van der Waals surface area contributed by atoms with E-state index in [4.69, 9.17) is 10.00 Å². The zero-order valence-corrected chi connectivity index (χ0v) is 16.6.